The van der Waals surface area contributed by atoms with E-state index in [0.29, 0.717) is 6.42 Å². The lowest BCUT2D eigenvalue weighted by atomic mass is 10.2. The summed E-state index contributed by atoms with van der Waals surface area (Å²) in [6.45, 7) is 0.161. The van der Waals surface area contributed by atoms with Crippen LogP contribution in [0.2, 0.25) is 0 Å². The third kappa shape index (κ3) is 3.74. The summed E-state index contributed by atoms with van der Waals surface area (Å²) in [6, 6.07) is 18.8. The number of benzene rings is 2. The maximum absolute atomic E-state index is 12.6. The van der Waals surface area contributed by atoms with Gasteiger partial charge in [-0.3, -0.25) is 4.79 Å². The van der Waals surface area contributed by atoms with Gasteiger partial charge in [0.15, 0.2) is 0 Å². The number of hydrogen-bond donors (Lipinski definition) is 0. The van der Waals surface area contributed by atoms with E-state index in [-0.39, 0.29) is 19.0 Å². The Balaban J connectivity index is 1.73. The zero-order valence-corrected chi connectivity index (χ0v) is 13.3. The summed E-state index contributed by atoms with van der Waals surface area (Å²) in [5, 5.41) is 0. The first-order valence-corrected chi connectivity index (χ1v) is 8.17. The van der Waals surface area contributed by atoms with E-state index < -0.39 is 10.9 Å². The molecule has 0 aliphatic carbocycles. The molecular formula is C18H16O4S. The quantitative estimate of drug-likeness (QED) is 0.786. The molecule has 3 rings (SSSR count). The minimum atomic E-state index is -1.28. The number of rotatable bonds is 5. The number of esters is 2. The van der Waals surface area contributed by atoms with E-state index in [2.05, 4.69) is 0 Å². The van der Waals surface area contributed by atoms with Gasteiger partial charge in [-0.05, 0) is 17.7 Å². The smallest absolute Gasteiger partial charge is 0.362 e. The summed E-state index contributed by atoms with van der Waals surface area (Å²) in [7, 11) is 0. The van der Waals surface area contributed by atoms with Crippen LogP contribution in [-0.2, 0) is 25.7 Å². The van der Waals surface area contributed by atoms with Crippen molar-refractivity contribution < 1.29 is 19.1 Å². The minimum Gasteiger partial charge on any atom is -0.457 e. The molecule has 0 aromatic heterocycles. The largest absolute Gasteiger partial charge is 0.457 e. The predicted octanol–water partition coefficient (Wildman–Crippen LogP) is 3.56. The van der Waals surface area contributed by atoms with Crippen molar-refractivity contribution in [2.75, 3.05) is 0 Å². The first kappa shape index (κ1) is 15.6. The Morgan fingerprint density at radius 1 is 1.09 bits per heavy atom. The summed E-state index contributed by atoms with van der Waals surface area (Å²) in [4.78, 5) is 23.7. The van der Waals surface area contributed by atoms with Crippen molar-refractivity contribution >= 4 is 23.7 Å². The lowest BCUT2D eigenvalue weighted by Crippen LogP contribution is -2.36. The van der Waals surface area contributed by atoms with E-state index in [9.17, 15) is 9.59 Å². The molecule has 118 valence electrons. The number of cyclic esters (lactones) is 1. The molecule has 0 bridgehead atoms. The van der Waals surface area contributed by atoms with Crippen LogP contribution in [0.15, 0.2) is 65.6 Å². The summed E-state index contributed by atoms with van der Waals surface area (Å²) in [6.07, 6.45) is 0.541. The molecule has 1 fully saturated rings. The lowest BCUT2D eigenvalue weighted by Gasteiger charge is -2.24. The van der Waals surface area contributed by atoms with Gasteiger partial charge in [-0.15, -0.1) is 0 Å². The van der Waals surface area contributed by atoms with Gasteiger partial charge in [0.25, 0.3) is 4.93 Å². The molecule has 0 saturated carbocycles. The van der Waals surface area contributed by atoms with Gasteiger partial charge < -0.3 is 9.47 Å². The van der Waals surface area contributed by atoms with Gasteiger partial charge in [0.2, 0.25) is 0 Å². The first-order valence-electron chi connectivity index (χ1n) is 7.35. The second-order valence-corrected chi connectivity index (χ2v) is 6.54. The van der Waals surface area contributed by atoms with Crippen molar-refractivity contribution in [1.29, 1.82) is 0 Å². The van der Waals surface area contributed by atoms with Gasteiger partial charge >= 0.3 is 11.9 Å². The molecule has 2 aromatic carbocycles. The molecule has 5 heteroatoms. The van der Waals surface area contributed by atoms with Crippen molar-refractivity contribution in [3.8, 4) is 0 Å². The summed E-state index contributed by atoms with van der Waals surface area (Å²) in [5.74, 6) is -0.883. The average Bonchev–Trinajstić information content (AvgIpc) is 2.96. The van der Waals surface area contributed by atoms with Gasteiger partial charge in [0.1, 0.15) is 6.61 Å². The number of ether oxygens (including phenoxy) is 2. The highest BCUT2D eigenvalue weighted by molar-refractivity contribution is 8.01. The lowest BCUT2D eigenvalue weighted by molar-refractivity contribution is -0.165. The van der Waals surface area contributed by atoms with Crippen LogP contribution in [0.3, 0.4) is 0 Å². The summed E-state index contributed by atoms with van der Waals surface area (Å²) in [5.41, 5.74) is 0.894. The molecule has 1 heterocycles. The molecule has 0 radical (unpaired) electrons. The monoisotopic (exact) mass is 328 g/mol. The Labute approximate surface area is 138 Å². The molecule has 0 spiro atoms. The Morgan fingerprint density at radius 3 is 2.35 bits per heavy atom. The Hall–Kier alpha value is -2.27. The maximum Gasteiger partial charge on any atom is 0.362 e. The van der Waals surface area contributed by atoms with Crippen LogP contribution in [-0.4, -0.2) is 16.9 Å². The Bertz CT molecular complexity index is 687. The molecular weight excluding hydrogens is 312 g/mol. The van der Waals surface area contributed by atoms with E-state index in [0.717, 1.165) is 10.5 Å². The highest BCUT2D eigenvalue weighted by Crippen LogP contribution is 2.43. The topological polar surface area (TPSA) is 52.6 Å². The third-order valence-electron chi connectivity index (χ3n) is 3.49. The molecule has 0 amide bonds. The molecule has 1 unspecified atom stereocenters. The van der Waals surface area contributed by atoms with Gasteiger partial charge in [0.05, 0.1) is 6.42 Å². The zero-order valence-electron chi connectivity index (χ0n) is 12.4. The van der Waals surface area contributed by atoms with Crippen LogP contribution in [0.25, 0.3) is 0 Å². The fourth-order valence-electron chi connectivity index (χ4n) is 2.32. The number of carbonyl (C=O) groups is 2. The van der Waals surface area contributed by atoms with E-state index in [1.165, 1.54) is 11.8 Å². The number of hydrogen-bond acceptors (Lipinski definition) is 5. The summed E-state index contributed by atoms with van der Waals surface area (Å²) < 4.78 is 10.8. The van der Waals surface area contributed by atoms with Crippen molar-refractivity contribution in [2.45, 2.75) is 29.3 Å². The highest BCUT2D eigenvalue weighted by atomic mass is 32.2. The predicted molar refractivity (Wildman–Crippen MR) is 86.6 cm³/mol. The SMILES string of the molecule is O=C1CCC(Sc2ccccc2)(C(=O)OCc2ccccc2)O1. The Morgan fingerprint density at radius 2 is 1.74 bits per heavy atom. The number of carbonyl (C=O) groups excluding carboxylic acids is 2. The van der Waals surface area contributed by atoms with Crippen molar-refractivity contribution in [3.63, 3.8) is 0 Å². The fraction of sp³-hybridized carbons (Fsp3) is 0.222. The van der Waals surface area contributed by atoms with Crippen LogP contribution < -0.4 is 0 Å². The van der Waals surface area contributed by atoms with Gasteiger partial charge in [-0.2, -0.15) is 0 Å². The third-order valence-corrected chi connectivity index (χ3v) is 4.78. The summed E-state index contributed by atoms with van der Waals surface area (Å²) >= 11 is 1.23. The fourth-order valence-corrected chi connectivity index (χ4v) is 3.48. The molecule has 1 aliphatic heterocycles. The average molecular weight is 328 g/mol. The molecule has 1 atom stereocenters. The number of thioether (sulfide) groups is 1. The second-order valence-electron chi connectivity index (χ2n) is 5.20. The van der Waals surface area contributed by atoms with Crippen molar-refractivity contribution in [3.05, 3.63) is 66.2 Å². The minimum absolute atomic E-state index is 0.161. The van der Waals surface area contributed by atoms with E-state index >= 15 is 0 Å². The molecule has 23 heavy (non-hydrogen) atoms. The van der Waals surface area contributed by atoms with Crippen molar-refractivity contribution in [1.82, 2.24) is 0 Å². The molecule has 0 N–H and O–H groups in total. The van der Waals surface area contributed by atoms with Crippen molar-refractivity contribution in [2.24, 2.45) is 0 Å². The molecule has 1 saturated heterocycles. The molecule has 1 aliphatic rings. The van der Waals surface area contributed by atoms with Crippen LogP contribution in [0.5, 0.6) is 0 Å². The normalized spacial score (nSPS) is 20.1. The maximum atomic E-state index is 12.6. The molecule has 2 aromatic rings. The van der Waals surface area contributed by atoms with E-state index in [1.54, 1.807) is 0 Å². The highest BCUT2D eigenvalue weighted by Gasteiger charge is 2.50. The van der Waals surface area contributed by atoms with Crippen LogP contribution in [0.1, 0.15) is 18.4 Å². The van der Waals surface area contributed by atoms with Gasteiger partial charge in [-0.25, -0.2) is 4.79 Å². The van der Waals surface area contributed by atoms with Crippen LogP contribution in [0.4, 0.5) is 0 Å². The zero-order chi connectivity index (χ0) is 16.1. The van der Waals surface area contributed by atoms with E-state index in [4.69, 9.17) is 9.47 Å². The van der Waals surface area contributed by atoms with Gasteiger partial charge in [0, 0.05) is 11.3 Å². The Kier molecular flexibility index (Phi) is 4.67. The standard InChI is InChI=1S/C18H16O4S/c19-16-11-12-18(22-16,23-15-9-5-2-6-10-15)17(20)21-13-14-7-3-1-4-8-14/h1-10H,11-13H2. The van der Waals surface area contributed by atoms with E-state index in [1.807, 2.05) is 60.7 Å². The molecule has 4 nitrogen and oxygen atoms in total. The van der Waals surface area contributed by atoms with Crippen LogP contribution >= 0.6 is 11.8 Å². The second kappa shape index (κ2) is 6.87. The first-order chi connectivity index (χ1) is 11.2. The van der Waals surface area contributed by atoms with Crippen LogP contribution in [0, 0.1) is 0 Å². The van der Waals surface area contributed by atoms with Gasteiger partial charge in [-0.1, -0.05) is 60.3 Å².